The predicted octanol–water partition coefficient (Wildman–Crippen LogP) is 2.17. The zero-order valence-electron chi connectivity index (χ0n) is 11.6. The van der Waals surface area contributed by atoms with E-state index in [1.807, 2.05) is 12.1 Å². The number of carbonyl (C=O) groups is 1. The molecule has 4 nitrogen and oxygen atoms in total. The second kappa shape index (κ2) is 7.01. The molecule has 0 bridgehead atoms. The van der Waals surface area contributed by atoms with Crippen LogP contribution in [0.3, 0.4) is 0 Å². The van der Waals surface area contributed by atoms with Gasteiger partial charge in [-0.15, -0.1) is 0 Å². The van der Waals surface area contributed by atoms with Crippen molar-refractivity contribution in [2.75, 3.05) is 20.7 Å². The van der Waals surface area contributed by atoms with E-state index in [-0.39, 0.29) is 5.91 Å². The van der Waals surface area contributed by atoms with Crippen molar-refractivity contribution in [1.82, 2.24) is 10.4 Å². The van der Waals surface area contributed by atoms with Crippen LogP contribution in [0.1, 0.15) is 31.7 Å². The molecule has 4 heteroatoms. The Labute approximate surface area is 109 Å². The molecule has 0 aliphatic heterocycles. The third-order valence-corrected chi connectivity index (χ3v) is 2.49. The third kappa shape index (κ3) is 5.19. The number of rotatable bonds is 6. The molecule has 1 rings (SSSR count). The van der Waals surface area contributed by atoms with E-state index in [1.54, 1.807) is 19.1 Å². The first-order chi connectivity index (χ1) is 8.49. The van der Waals surface area contributed by atoms with Crippen LogP contribution in [0.2, 0.25) is 0 Å². The summed E-state index contributed by atoms with van der Waals surface area (Å²) < 4.78 is 5.51. The van der Waals surface area contributed by atoms with Crippen molar-refractivity contribution in [3.8, 4) is 5.75 Å². The number of amides is 1. The Balaban J connectivity index is 2.33. The average Bonchev–Trinajstić information content (AvgIpc) is 2.28. The lowest BCUT2D eigenvalue weighted by atomic mass is 10.0. The van der Waals surface area contributed by atoms with Crippen molar-refractivity contribution in [2.24, 2.45) is 0 Å². The molecule has 0 spiro atoms. The monoisotopic (exact) mass is 250 g/mol. The van der Waals surface area contributed by atoms with Gasteiger partial charge in [0.15, 0.2) is 0 Å². The molecule has 0 fully saturated rings. The quantitative estimate of drug-likeness (QED) is 0.787. The van der Waals surface area contributed by atoms with Crippen LogP contribution >= 0.6 is 0 Å². The molecule has 0 aromatic heterocycles. The van der Waals surface area contributed by atoms with Gasteiger partial charge in [0.25, 0.3) is 0 Å². The van der Waals surface area contributed by atoms with E-state index in [4.69, 9.17) is 4.74 Å². The van der Waals surface area contributed by atoms with E-state index in [1.165, 1.54) is 5.56 Å². The van der Waals surface area contributed by atoms with E-state index in [0.717, 1.165) is 5.75 Å². The highest BCUT2D eigenvalue weighted by molar-refractivity contribution is 5.75. The number of nitrogens with zero attached hydrogens (tertiary/aromatic N) is 1. The van der Waals surface area contributed by atoms with Crippen molar-refractivity contribution in [3.63, 3.8) is 0 Å². The molecule has 0 unspecified atom stereocenters. The lowest BCUT2D eigenvalue weighted by Gasteiger charge is -2.12. The number of hydrazine groups is 1. The molecule has 18 heavy (non-hydrogen) atoms. The summed E-state index contributed by atoms with van der Waals surface area (Å²) in [5.41, 5.74) is 3.95. The molecule has 1 amide bonds. The van der Waals surface area contributed by atoms with E-state index in [0.29, 0.717) is 18.9 Å². The van der Waals surface area contributed by atoms with Gasteiger partial charge < -0.3 is 4.74 Å². The van der Waals surface area contributed by atoms with Gasteiger partial charge in [-0.05, 0) is 23.6 Å². The van der Waals surface area contributed by atoms with Crippen molar-refractivity contribution < 1.29 is 9.53 Å². The highest BCUT2D eigenvalue weighted by Crippen LogP contribution is 2.18. The van der Waals surface area contributed by atoms with E-state index >= 15 is 0 Å². The lowest BCUT2D eigenvalue weighted by Crippen LogP contribution is -2.36. The van der Waals surface area contributed by atoms with Gasteiger partial charge in [-0.2, -0.15) is 0 Å². The van der Waals surface area contributed by atoms with Crippen LogP contribution in [0.15, 0.2) is 24.3 Å². The number of ether oxygens (including phenoxy) is 1. The smallest absolute Gasteiger partial charge is 0.237 e. The van der Waals surface area contributed by atoms with Crippen molar-refractivity contribution >= 4 is 5.91 Å². The average molecular weight is 250 g/mol. The largest absolute Gasteiger partial charge is 0.493 e. The highest BCUT2D eigenvalue weighted by Gasteiger charge is 2.03. The predicted molar refractivity (Wildman–Crippen MR) is 72.5 cm³/mol. The number of hydrogen-bond acceptors (Lipinski definition) is 3. The Morgan fingerprint density at radius 1 is 1.28 bits per heavy atom. The van der Waals surface area contributed by atoms with Gasteiger partial charge >= 0.3 is 0 Å². The van der Waals surface area contributed by atoms with Gasteiger partial charge in [0.1, 0.15) is 5.75 Å². The minimum absolute atomic E-state index is 0.0428. The summed E-state index contributed by atoms with van der Waals surface area (Å²) in [5.74, 6) is 1.28. The fraction of sp³-hybridized carbons (Fsp3) is 0.500. The maximum atomic E-state index is 11.4. The number of benzene rings is 1. The Morgan fingerprint density at radius 3 is 2.39 bits per heavy atom. The first-order valence-corrected chi connectivity index (χ1v) is 6.18. The summed E-state index contributed by atoms with van der Waals surface area (Å²) >= 11 is 0. The molecule has 0 radical (unpaired) electrons. The van der Waals surface area contributed by atoms with Crippen LogP contribution in [0.5, 0.6) is 5.75 Å². The number of carbonyl (C=O) groups excluding carboxylic acids is 1. The normalized spacial score (nSPS) is 10.8. The SMILES string of the molecule is CC(C)c1ccc(OCCC(=O)NN(C)C)cc1. The van der Waals surface area contributed by atoms with Crippen molar-refractivity contribution in [3.05, 3.63) is 29.8 Å². The van der Waals surface area contributed by atoms with Crippen LogP contribution < -0.4 is 10.2 Å². The third-order valence-electron chi connectivity index (χ3n) is 2.49. The van der Waals surface area contributed by atoms with Gasteiger partial charge in [0, 0.05) is 14.1 Å². The Kier molecular flexibility index (Phi) is 5.65. The van der Waals surface area contributed by atoms with Crippen molar-refractivity contribution in [2.45, 2.75) is 26.2 Å². The van der Waals surface area contributed by atoms with Crippen LogP contribution in [0.4, 0.5) is 0 Å². The van der Waals surface area contributed by atoms with E-state index in [2.05, 4.69) is 31.4 Å². The maximum absolute atomic E-state index is 11.4. The standard InChI is InChI=1S/C14H22N2O2/c1-11(2)12-5-7-13(8-6-12)18-10-9-14(17)15-16(3)4/h5-8,11H,9-10H2,1-4H3,(H,15,17). The van der Waals surface area contributed by atoms with Crippen LogP contribution in [0, 0.1) is 0 Å². The first kappa shape index (κ1) is 14.5. The second-order valence-corrected chi connectivity index (χ2v) is 4.75. The Morgan fingerprint density at radius 2 is 1.89 bits per heavy atom. The summed E-state index contributed by atoms with van der Waals surface area (Å²) in [6, 6.07) is 8.00. The molecule has 100 valence electrons. The highest BCUT2D eigenvalue weighted by atomic mass is 16.5. The summed E-state index contributed by atoms with van der Waals surface area (Å²) in [6.45, 7) is 4.70. The number of nitrogens with one attached hydrogen (secondary N) is 1. The fourth-order valence-corrected chi connectivity index (χ4v) is 1.52. The molecular formula is C14H22N2O2. The van der Waals surface area contributed by atoms with Crippen LogP contribution in [-0.4, -0.2) is 31.6 Å². The molecule has 0 aliphatic rings. The molecule has 1 N–H and O–H groups in total. The van der Waals surface area contributed by atoms with E-state index < -0.39 is 0 Å². The zero-order valence-corrected chi connectivity index (χ0v) is 11.6. The molecule has 0 saturated heterocycles. The molecule has 0 heterocycles. The maximum Gasteiger partial charge on any atom is 0.237 e. The summed E-state index contributed by atoms with van der Waals surface area (Å²) in [4.78, 5) is 11.4. The van der Waals surface area contributed by atoms with Gasteiger partial charge in [-0.3, -0.25) is 10.2 Å². The Bertz CT molecular complexity index is 372. The van der Waals surface area contributed by atoms with Crippen LogP contribution in [-0.2, 0) is 4.79 Å². The lowest BCUT2D eigenvalue weighted by molar-refractivity contribution is -0.125. The van der Waals surface area contributed by atoms with Gasteiger partial charge in [-0.25, -0.2) is 5.01 Å². The molecule has 1 aromatic rings. The molecule has 1 aromatic carbocycles. The van der Waals surface area contributed by atoms with Gasteiger partial charge in [0.05, 0.1) is 13.0 Å². The Hall–Kier alpha value is -1.55. The van der Waals surface area contributed by atoms with Gasteiger partial charge in [-0.1, -0.05) is 26.0 Å². The summed E-state index contributed by atoms with van der Waals surface area (Å²) in [6.07, 6.45) is 0.351. The van der Waals surface area contributed by atoms with Gasteiger partial charge in [0.2, 0.25) is 5.91 Å². The summed E-state index contributed by atoms with van der Waals surface area (Å²) in [7, 11) is 3.56. The fourth-order valence-electron chi connectivity index (χ4n) is 1.52. The molecular weight excluding hydrogens is 228 g/mol. The minimum Gasteiger partial charge on any atom is -0.493 e. The molecule has 0 saturated carbocycles. The second-order valence-electron chi connectivity index (χ2n) is 4.75. The van der Waals surface area contributed by atoms with Crippen LogP contribution in [0.25, 0.3) is 0 Å². The first-order valence-electron chi connectivity index (χ1n) is 6.18. The minimum atomic E-state index is -0.0428. The molecule has 0 atom stereocenters. The zero-order chi connectivity index (χ0) is 13.5. The number of hydrogen-bond donors (Lipinski definition) is 1. The molecule has 0 aliphatic carbocycles. The summed E-state index contributed by atoms with van der Waals surface area (Å²) in [5, 5.41) is 1.62. The van der Waals surface area contributed by atoms with E-state index in [9.17, 15) is 4.79 Å². The van der Waals surface area contributed by atoms with Crippen molar-refractivity contribution in [1.29, 1.82) is 0 Å². The topological polar surface area (TPSA) is 41.6 Å².